The predicted molar refractivity (Wildman–Crippen MR) is 110 cm³/mol. The van der Waals surface area contributed by atoms with E-state index in [4.69, 9.17) is 24.7 Å². The first-order valence-corrected chi connectivity index (χ1v) is 9.72. The molecule has 28 heavy (non-hydrogen) atoms. The van der Waals surface area contributed by atoms with Gasteiger partial charge in [-0.1, -0.05) is 49.4 Å². The van der Waals surface area contributed by atoms with E-state index in [0.717, 1.165) is 19.4 Å². The second-order valence-electron chi connectivity index (χ2n) is 7.30. The van der Waals surface area contributed by atoms with Crippen LogP contribution in [0.15, 0.2) is 42.5 Å². The van der Waals surface area contributed by atoms with E-state index >= 15 is 0 Å². The average Bonchev–Trinajstić information content (AvgIpc) is 3.00. The second kappa shape index (κ2) is 13.4. The van der Waals surface area contributed by atoms with Crippen molar-refractivity contribution in [2.24, 2.45) is 11.7 Å². The van der Waals surface area contributed by atoms with Crippen LogP contribution in [0.25, 0.3) is 0 Å². The number of nitrogens with two attached hydrogens (primary N) is 1. The Balaban J connectivity index is 0.000000892. The van der Waals surface area contributed by atoms with Crippen LogP contribution in [-0.2, 0) is 30.3 Å². The molecule has 0 spiro atoms. The third-order valence-electron chi connectivity index (χ3n) is 4.28. The number of rotatable bonds is 10. The molecule has 158 valence electrons. The minimum absolute atomic E-state index is 0.0495. The zero-order valence-electron chi connectivity index (χ0n) is 17.5. The van der Waals surface area contributed by atoms with E-state index in [9.17, 15) is 0 Å². The summed E-state index contributed by atoms with van der Waals surface area (Å²) in [6.45, 7) is 8.41. The quantitative estimate of drug-likeness (QED) is 0.373. The highest BCUT2D eigenvalue weighted by atomic mass is 16.7. The van der Waals surface area contributed by atoms with Crippen molar-refractivity contribution in [3.63, 3.8) is 0 Å². The Hall–Kier alpha value is -1.73. The Morgan fingerprint density at radius 2 is 1.93 bits per heavy atom. The predicted octanol–water partition coefficient (Wildman–Crippen LogP) is 3.44. The maximum Gasteiger partial charge on any atom is 0.292 e. The minimum Gasteiger partial charge on any atom is -0.471 e. The van der Waals surface area contributed by atoms with Crippen molar-refractivity contribution in [2.75, 3.05) is 20.3 Å². The molecule has 0 bridgehead atoms. The van der Waals surface area contributed by atoms with Crippen molar-refractivity contribution >= 4 is 6.47 Å². The van der Waals surface area contributed by atoms with Crippen molar-refractivity contribution < 1.29 is 23.7 Å². The number of carbonyl (C=O) groups excluding carboxylic acids is 1. The van der Waals surface area contributed by atoms with E-state index in [1.807, 2.05) is 32.0 Å². The van der Waals surface area contributed by atoms with Crippen LogP contribution in [0.3, 0.4) is 0 Å². The van der Waals surface area contributed by atoms with Crippen LogP contribution in [0.4, 0.5) is 0 Å². The summed E-state index contributed by atoms with van der Waals surface area (Å²) >= 11 is 0. The van der Waals surface area contributed by atoms with Gasteiger partial charge >= 0.3 is 0 Å². The average molecular weight is 394 g/mol. The fourth-order valence-electron chi connectivity index (χ4n) is 2.82. The topological polar surface area (TPSA) is 80.0 Å². The van der Waals surface area contributed by atoms with Gasteiger partial charge < -0.3 is 24.7 Å². The van der Waals surface area contributed by atoms with E-state index in [2.05, 4.69) is 35.9 Å². The minimum atomic E-state index is -0.546. The molecule has 0 amide bonds. The summed E-state index contributed by atoms with van der Waals surface area (Å²) in [6, 6.07) is 10.3. The number of hydrogen-bond donors (Lipinski definition) is 1. The molecule has 0 aromatic heterocycles. The first-order chi connectivity index (χ1) is 13.4. The van der Waals surface area contributed by atoms with E-state index < -0.39 is 5.79 Å². The number of allylic oxidation sites excluding steroid dienone is 1. The Morgan fingerprint density at radius 3 is 2.54 bits per heavy atom. The van der Waals surface area contributed by atoms with Crippen LogP contribution >= 0.6 is 0 Å². The molecule has 1 fully saturated rings. The zero-order valence-corrected chi connectivity index (χ0v) is 17.5. The van der Waals surface area contributed by atoms with Crippen LogP contribution in [0, 0.1) is 5.92 Å². The number of methoxy groups -OCH3 is 1. The normalized spacial score (nSPS) is 21.8. The van der Waals surface area contributed by atoms with E-state index in [1.165, 1.54) is 12.7 Å². The van der Waals surface area contributed by atoms with Crippen molar-refractivity contribution in [3.05, 3.63) is 48.0 Å². The fourth-order valence-corrected chi connectivity index (χ4v) is 2.82. The highest BCUT2D eigenvalue weighted by molar-refractivity contribution is 5.36. The summed E-state index contributed by atoms with van der Waals surface area (Å²) in [6.07, 6.45) is 6.22. The highest BCUT2D eigenvalue weighted by Gasteiger charge is 2.38. The Bertz CT molecular complexity index is 561. The Labute approximate surface area is 169 Å². The molecule has 1 aromatic carbocycles. The summed E-state index contributed by atoms with van der Waals surface area (Å²) in [7, 11) is 1.31. The molecule has 6 nitrogen and oxygen atoms in total. The van der Waals surface area contributed by atoms with E-state index in [0.29, 0.717) is 25.5 Å². The number of ether oxygens (including phenoxy) is 4. The van der Waals surface area contributed by atoms with Gasteiger partial charge in [0.2, 0.25) is 0 Å². The number of benzene rings is 1. The van der Waals surface area contributed by atoms with Gasteiger partial charge in [0, 0.05) is 13.2 Å². The molecule has 1 aromatic rings. The first kappa shape index (κ1) is 24.3. The molecule has 1 heterocycles. The lowest BCUT2D eigenvalue weighted by Gasteiger charge is -2.16. The molecule has 3 atom stereocenters. The third kappa shape index (κ3) is 9.99. The summed E-state index contributed by atoms with van der Waals surface area (Å²) < 4.78 is 21.2. The molecule has 3 unspecified atom stereocenters. The lowest BCUT2D eigenvalue weighted by atomic mass is 10.0. The summed E-state index contributed by atoms with van der Waals surface area (Å²) in [5.41, 5.74) is 6.97. The van der Waals surface area contributed by atoms with Gasteiger partial charge in [0.15, 0.2) is 5.79 Å². The van der Waals surface area contributed by atoms with Crippen LogP contribution in [-0.4, -0.2) is 44.7 Å². The highest BCUT2D eigenvalue weighted by Crippen LogP contribution is 2.28. The van der Waals surface area contributed by atoms with E-state index in [-0.39, 0.29) is 12.2 Å². The molecule has 2 N–H and O–H groups in total. The first-order valence-electron chi connectivity index (χ1n) is 9.72. The number of hydrogen-bond acceptors (Lipinski definition) is 6. The smallest absolute Gasteiger partial charge is 0.292 e. The van der Waals surface area contributed by atoms with Crippen LogP contribution in [0.5, 0.6) is 0 Å². The van der Waals surface area contributed by atoms with Crippen molar-refractivity contribution in [1.82, 2.24) is 0 Å². The summed E-state index contributed by atoms with van der Waals surface area (Å²) in [4.78, 5) is 8.95. The molecular weight excluding hydrogens is 358 g/mol. The molecule has 1 aliphatic heterocycles. The molecule has 0 aliphatic carbocycles. The lowest BCUT2D eigenvalue weighted by molar-refractivity contribution is -0.142. The maximum absolute atomic E-state index is 8.95. The largest absolute Gasteiger partial charge is 0.471 e. The lowest BCUT2D eigenvalue weighted by Crippen LogP contribution is -2.29. The second-order valence-corrected chi connectivity index (χ2v) is 7.30. The van der Waals surface area contributed by atoms with Gasteiger partial charge in [-0.15, -0.1) is 0 Å². The zero-order chi connectivity index (χ0) is 20.8. The molecule has 0 radical (unpaired) electrons. The monoisotopic (exact) mass is 393 g/mol. The van der Waals surface area contributed by atoms with Gasteiger partial charge in [-0.2, -0.15) is 0 Å². The number of carbonyl (C=O) groups is 1. The van der Waals surface area contributed by atoms with Gasteiger partial charge in [-0.3, -0.25) is 4.79 Å². The summed E-state index contributed by atoms with van der Waals surface area (Å²) in [5, 5.41) is 0. The summed E-state index contributed by atoms with van der Waals surface area (Å²) in [5.74, 6) is 0.0272. The van der Waals surface area contributed by atoms with Gasteiger partial charge in [0.05, 0.1) is 13.7 Å². The molecule has 6 heteroatoms. The molecular formula is C22H35NO5. The van der Waals surface area contributed by atoms with Gasteiger partial charge in [0.1, 0.15) is 12.2 Å². The van der Waals surface area contributed by atoms with Gasteiger partial charge in [-0.25, -0.2) is 0 Å². The standard InChI is InChI=1S/C20H31NO3.C2H4O2/c1-16(12-13-22-15-17-9-5-4-6-10-17)8-7-11-18-19(14-21)24-20(2,3)23-18;1-4-2-3/h4-7,9-11,16,18-19H,8,12-15,21H2,1-3H3;2H,1H3/b11-7+;. The Morgan fingerprint density at radius 1 is 1.25 bits per heavy atom. The SMILES string of the molecule is CC(C/C=C/C1OC(C)(C)OC1CN)CCOCc1ccccc1.COC=O. The van der Waals surface area contributed by atoms with Crippen molar-refractivity contribution in [3.8, 4) is 0 Å². The van der Waals surface area contributed by atoms with Crippen molar-refractivity contribution in [1.29, 1.82) is 0 Å². The van der Waals surface area contributed by atoms with Crippen LogP contribution in [0.1, 0.15) is 39.2 Å². The molecule has 1 aliphatic rings. The molecule has 2 rings (SSSR count). The molecule has 0 saturated carbocycles. The third-order valence-corrected chi connectivity index (χ3v) is 4.28. The van der Waals surface area contributed by atoms with Crippen LogP contribution < -0.4 is 5.73 Å². The maximum atomic E-state index is 8.95. The molecule has 1 saturated heterocycles. The van der Waals surface area contributed by atoms with Gasteiger partial charge in [0.25, 0.3) is 6.47 Å². The fraction of sp³-hybridized carbons (Fsp3) is 0.591. The van der Waals surface area contributed by atoms with E-state index in [1.54, 1.807) is 0 Å². The van der Waals surface area contributed by atoms with Crippen LogP contribution in [0.2, 0.25) is 0 Å². The Kier molecular flexibility index (Phi) is 11.7. The van der Waals surface area contributed by atoms with Crippen molar-refractivity contribution in [2.45, 2.75) is 58.2 Å². The van der Waals surface area contributed by atoms with Gasteiger partial charge in [-0.05, 0) is 38.2 Å².